The van der Waals surface area contributed by atoms with E-state index in [4.69, 9.17) is 0 Å². The van der Waals surface area contributed by atoms with Gasteiger partial charge in [-0.05, 0) is 91.6 Å². The van der Waals surface area contributed by atoms with Crippen molar-refractivity contribution >= 4 is 49.6 Å². The van der Waals surface area contributed by atoms with Crippen LogP contribution in [-0.4, -0.2) is 11.2 Å². The highest BCUT2D eigenvalue weighted by molar-refractivity contribution is 8.34. The third-order valence-corrected chi connectivity index (χ3v) is 15.6. The van der Waals surface area contributed by atoms with E-state index in [1.807, 2.05) is 50.8 Å². The van der Waals surface area contributed by atoms with Gasteiger partial charge in [0.1, 0.15) is 7.14 Å². The zero-order valence-electron chi connectivity index (χ0n) is 28.1. The largest absolute Gasteiger partial charge is 0.314 e. The molecule has 0 radical (unpaired) electrons. The van der Waals surface area contributed by atoms with E-state index in [1.54, 1.807) is 0 Å². The molecule has 7 aromatic carbocycles. The van der Waals surface area contributed by atoms with Gasteiger partial charge in [0, 0.05) is 46.7 Å². The minimum atomic E-state index is -2.83. The van der Waals surface area contributed by atoms with Crippen LogP contribution < -0.4 is 10.6 Å². The first-order valence-corrected chi connectivity index (χ1v) is 20.6. The normalized spacial score (nSPS) is 13.0. The molecule has 0 bridgehead atoms. The molecule has 0 aliphatic heterocycles. The van der Waals surface area contributed by atoms with Gasteiger partial charge in [0.2, 0.25) is 0 Å². The Morgan fingerprint density at radius 3 is 1.33 bits per heavy atom. The molecule has 0 N–H and O–H groups in total. The summed E-state index contributed by atoms with van der Waals surface area (Å²) in [4.78, 5) is 5.11. The summed E-state index contributed by atoms with van der Waals surface area (Å²) in [6.45, 7) is 5.89. The molecule has 0 spiro atoms. The summed E-state index contributed by atoms with van der Waals surface area (Å²) in [6.07, 6.45) is 0. The van der Waals surface area contributed by atoms with E-state index in [9.17, 15) is 4.57 Å². The summed E-state index contributed by atoms with van der Waals surface area (Å²) in [6, 6.07) is 66.7. The number of benzene rings is 7. The molecule has 0 aliphatic carbocycles. The van der Waals surface area contributed by atoms with Crippen LogP contribution in [0.1, 0.15) is 13.8 Å². The van der Waals surface area contributed by atoms with Crippen LogP contribution in [0.3, 0.4) is 0 Å². The van der Waals surface area contributed by atoms with Crippen LogP contribution in [0.4, 0.5) is 0 Å². The molecule has 8 rings (SSSR count). The third kappa shape index (κ3) is 5.64. The first kappa shape index (κ1) is 32.5. The van der Waals surface area contributed by atoms with Gasteiger partial charge >= 0.3 is 0 Å². The predicted octanol–water partition coefficient (Wildman–Crippen LogP) is 12.1. The van der Waals surface area contributed by atoms with Crippen LogP contribution in [0, 0.1) is 0 Å². The maximum absolute atomic E-state index is 14.5. The molecule has 49 heavy (non-hydrogen) atoms. The Morgan fingerprint density at radius 1 is 0.429 bits per heavy atom. The topological polar surface area (TPSA) is 22.0 Å². The molecule has 0 saturated heterocycles. The van der Waals surface area contributed by atoms with Gasteiger partial charge in [0.05, 0.1) is 11.0 Å². The fourth-order valence-electron chi connectivity index (χ4n) is 6.85. The van der Waals surface area contributed by atoms with Crippen molar-refractivity contribution < 1.29 is 4.57 Å². The Morgan fingerprint density at radius 2 is 0.837 bits per heavy atom. The molecular formula is C45H40NOPS. The Balaban J connectivity index is 0.00000186. The Kier molecular flexibility index (Phi) is 9.15. The van der Waals surface area contributed by atoms with Crippen LogP contribution in [0.2, 0.25) is 0 Å². The van der Waals surface area contributed by atoms with Crippen LogP contribution in [0.15, 0.2) is 208 Å². The number of para-hydroxylation sites is 1. The van der Waals surface area contributed by atoms with Crippen molar-refractivity contribution in [3.05, 3.63) is 188 Å². The van der Waals surface area contributed by atoms with Crippen LogP contribution >= 0.6 is 17.2 Å². The van der Waals surface area contributed by atoms with E-state index >= 15 is 0 Å². The van der Waals surface area contributed by atoms with Gasteiger partial charge in [-0.25, -0.2) is 0 Å². The molecule has 1 atom stereocenters. The van der Waals surface area contributed by atoms with Crippen molar-refractivity contribution in [2.75, 3.05) is 6.66 Å². The second-order valence-corrected chi connectivity index (χ2v) is 17.9. The molecule has 0 aliphatic rings. The maximum atomic E-state index is 14.5. The van der Waals surface area contributed by atoms with E-state index in [0.717, 1.165) is 38.1 Å². The van der Waals surface area contributed by atoms with Crippen molar-refractivity contribution in [3.63, 3.8) is 0 Å². The van der Waals surface area contributed by atoms with Gasteiger partial charge in [-0.15, -0.1) is 10.0 Å². The van der Waals surface area contributed by atoms with E-state index in [1.165, 1.54) is 19.6 Å². The summed E-state index contributed by atoms with van der Waals surface area (Å²) < 4.78 is 16.8. The first-order valence-electron chi connectivity index (χ1n) is 16.8. The molecule has 1 aromatic heterocycles. The molecule has 242 valence electrons. The average molecular weight is 674 g/mol. The summed E-state index contributed by atoms with van der Waals surface area (Å²) >= 11 is 0. The fraction of sp³-hybridized carbons (Fsp3) is 0.0667. The maximum Gasteiger partial charge on any atom is 0.140 e. The number of hydrogen-bond acceptors (Lipinski definition) is 1. The van der Waals surface area contributed by atoms with Crippen molar-refractivity contribution in [2.24, 2.45) is 0 Å². The zero-order valence-corrected chi connectivity index (χ0v) is 29.8. The molecule has 1 unspecified atom stereocenters. The Bertz CT molecular complexity index is 2280. The van der Waals surface area contributed by atoms with Crippen LogP contribution in [0.5, 0.6) is 0 Å². The lowest BCUT2D eigenvalue weighted by atomic mass is 10.1. The number of rotatable bonds is 7. The van der Waals surface area contributed by atoms with E-state index < -0.39 is 17.2 Å². The van der Waals surface area contributed by atoms with Crippen molar-refractivity contribution in [1.29, 1.82) is 0 Å². The number of aromatic nitrogens is 1. The second-order valence-electron chi connectivity index (χ2n) is 11.9. The van der Waals surface area contributed by atoms with E-state index in [-0.39, 0.29) is 0 Å². The zero-order chi connectivity index (χ0) is 33.8. The summed E-state index contributed by atoms with van der Waals surface area (Å²) in [5.41, 5.74) is 3.32. The minimum absolute atomic E-state index is 0.863. The lowest BCUT2D eigenvalue weighted by Gasteiger charge is -2.42. The van der Waals surface area contributed by atoms with Gasteiger partial charge in [-0.1, -0.05) is 117 Å². The lowest BCUT2D eigenvalue weighted by Crippen LogP contribution is -2.14. The van der Waals surface area contributed by atoms with E-state index in [2.05, 4.69) is 162 Å². The molecule has 0 amide bonds. The molecule has 8 aromatic rings. The molecule has 1 heterocycles. The summed E-state index contributed by atoms with van der Waals surface area (Å²) in [7, 11) is -4.71. The molecular weight excluding hydrogens is 634 g/mol. The summed E-state index contributed by atoms with van der Waals surface area (Å²) in [5, 5.41) is 3.98. The highest BCUT2D eigenvalue weighted by atomic mass is 32.3. The van der Waals surface area contributed by atoms with Gasteiger partial charge in [0.25, 0.3) is 0 Å². The van der Waals surface area contributed by atoms with Crippen LogP contribution in [-0.2, 0) is 4.57 Å². The molecule has 0 saturated carbocycles. The van der Waals surface area contributed by atoms with Gasteiger partial charge in [-0.3, -0.25) is 0 Å². The first-order chi connectivity index (χ1) is 24.1. The minimum Gasteiger partial charge on any atom is -0.314 e. The van der Waals surface area contributed by atoms with Crippen molar-refractivity contribution in [1.82, 2.24) is 4.57 Å². The monoisotopic (exact) mass is 673 g/mol. The van der Waals surface area contributed by atoms with Gasteiger partial charge in [-0.2, -0.15) is 0 Å². The van der Waals surface area contributed by atoms with Crippen molar-refractivity contribution in [3.8, 4) is 5.69 Å². The lowest BCUT2D eigenvalue weighted by molar-refractivity contribution is 0.590. The highest BCUT2D eigenvalue weighted by Crippen LogP contribution is 2.73. The van der Waals surface area contributed by atoms with E-state index in [0.29, 0.717) is 0 Å². The SMILES string of the molecule is CC.CP(=O)(c1ccccc1)c1ccc2c(c1)c1cc(S(c3ccccc3)(c3ccccc3)c3ccccc3)ccc1n2-c1ccccc1. The predicted molar refractivity (Wildman–Crippen MR) is 211 cm³/mol. The molecule has 0 fully saturated rings. The highest BCUT2D eigenvalue weighted by Gasteiger charge is 2.34. The number of nitrogens with zero attached hydrogens (tertiary/aromatic N) is 1. The number of fused-ring (bicyclic) bond motifs is 3. The van der Waals surface area contributed by atoms with Crippen molar-refractivity contribution in [2.45, 2.75) is 33.4 Å². The van der Waals surface area contributed by atoms with Gasteiger partial charge < -0.3 is 9.13 Å². The van der Waals surface area contributed by atoms with Gasteiger partial charge in [0.15, 0.2) is 0 Å². The standard InChI is InChI=1S/C43H34NOPS.C2H6/c1-46(45,34-19-9-3-10-20-34)35-27-29-42-40(31-35)41-32-39(28-30-43(41)44(42)33-17-7-2-8-18-33)47(36-21-11-4-12-22-36,37-23-13-5-14-24-37)38-25-15-6-16-26-38;1-2/h2-32H,1H3;1-2H3. The second kappa shape index (κ2) is 13.8. The van der Waals surface area contributed by atoms with Crippen LogP contribution in [0.25, 0.3) is 27.5 Å². The quantitative estimate of drug-likeness (QED) is 0.154. The Hall–Kier alpha value is -5.08. The molecule has 4 heteroatoms. The third-order valence-electron chi connectivity index (χ3n) is 9.12. The summed E-state index contributed by atoms with van der Waals surface area (Å²) in [5.74, 6) is 0. The Labute approximate surface area is 291 Å². The number of hydrogen-bond donors (Lipinski definition) is 0. The fourth-order valence-corrected chi connectivity index (χ4v) is 12.5. The molecule has 2 nitrogen and oxygen atoms in total. The average Bonchev–Trinajstić information content (AvgIpc) is 3.51. The smallest absolute Gasteiger partial charge is 0.140 e.